The van der Waals surface area contributed by atoms with Crippen LogP contribution in [0.15, 0.2) is 23.6 Å². The molecule has 176 valence electrons. The predicted octanol–water partition coefficient (Wildman–Crippen LogP) is 5.64. The maximum Gasteiger partial charge on any atom is 0.357 e. The van der Waals surface area contributed by atoms with Crippen LogP contribution in [0.25, 0.3) is 0 Å². The van der Waals surface area contributed by atoms with Gasteiger partial charge in [0.25, 0.3) is 0 Å². The Balaban J connectivity index is 2.26. The molecule has 0 aliphatic heterocycles. The maximum absolute atomic E-state index is 13.4. The minimum Gasteiger partial charge on any atom is -0.464 e. The van der Waals surface area contributed by atoms with Gasteiger partial charge in [-0.3, -0.25) is 0 Å². The molecular weight excluding hydrogens is 426 g/mol. The number of urea groups is 1. The summed E-state index contributed by atoms with van der Waals surface area (Å²) in [5, 5.41) is 5.51. The van der Waals surface area contributed by atoms with Crippen LogP contribution in [0.2, 0.25) is 0 Å². The SMILES string of the molecule is CCOCCCN(Cc1nc(C(=O)OC)cs1)C(=O)Nc1c(C(C)C)cccc1C(C)C. The van der Waals surface area contributed by atoms with Gasteiger partial charge in [-0.15, -0.1) is 11.3 Å². The number of anilines is 1. The number of benzene rings is 1. The summed E-state index contributed by atoms with van der Waals surface area (Å²) in [5.74, 6) is 0.0706. The van der Waals surface area contributed by atoms with Crippen molar-refractivity contribution in [2.45, 2.75) is 59.4 Å². The van der Waals surface area contributed by atoms with E-state index in [0.29, 0.717) is 37.7 Å². The van der Waals surface area contributed by atoms with Crippen molar-refractivity contribution in [3.63, 3.8) is 0 Å². The van der Waals surface area contributed by atoms with Gasteiger partial charge in [0.05, 0.1) is 13.7 Å². The number of carbonyl (C=O) groups is 2. The van der Waals surface area contributed by atoms with Crippen molar-refractivity contribution >= 4 is 29.0 Å². The number of hydrogen-bond donors (Lipinski definition) is 1. The molecule has 0 aliphatic carbocycles. The number of nitrogens with zero attached hydrogens (tertiary/aromatic N) is 2. The van der Waals surface area contributed by atoms with Crippen LogP contribution in [0.3, 0.4) is 0 Å². The average Bonchev–Trinajstić information content (AvgIpc) is 3.23. The lowest BCUT2D eigenvalue weighted by Crippen LogP contribution is -2.36. The Morgan fingerprint density at radius 1 is 1.16 bits per heavy atom. The fraction of sp³-hybridized carbons (Fsp3) is 0.542. The molecule has 1 heterocycles. The zero-order valence-electron chi connectivity index (χ0n) is 19.9. The molecule has 0 bridgehead atoms. The zero-order chi connectivity index (χ0) is 23.7. The van der Waals surface area contributed by atoms with Gasteiger partial charge in [-0.2, -0.15) is 0 Å². The molecule has 0 unspecified atom stereocenters. The summed E-state index contributed by atoms with van der Waals surface area (Å²) in [7, 11) is 1.33. The molecular formula is C24H35N3O4S. The van der Waals surface area contributed by atoms with Gasteiger partial charge >= 0.3 is 12.0 Å². The van der Waals surface area contributed by atoms with Gasteiger partial charge in [0.2, 0.25) is 0 Å². The number of amides is 2. The summed E-state index contributed by atoms with van der Waals surface area (Å²) in [6.07, 6.45) is 0.708. The van der Waals surface area contributed by atoms with Crippen LogP contribution in [-0.4, -0.2) is 48.8 Å². The molecule has 8 heteroatoms. The van der Waals surface area contributed by atoms with E-state index in [2.05, 4.69) is 50.1 Å². The first-order chi connectivity index (χ1) is 15.3. The van der Waals surface area contributed by atoms with Crippen molar-refractivity contribution in [3.05, 3.63) is 45.4 Å². The number of carbonyl (C=O) groups excluding carboxylic acids is 2. The minimum absolute atomic E-state index is 0.189. The van der Waals surface area contributed by atoms with Crippen molar-refractivity contribution in [2.24, 2.45) is 0 Å². The molecule has 0 aliphatic rings. The quantitative estimate of drug-likeness (QED) is 0.346. The van der Waals surface area contributed by atoms with E-state index in [1.165, 1.54) is 18.4 Å². The highest BCUT2D eigenvalue weighted by Crippen LogP contribution is 2.32. The molecule has 1 aromatic heterocycles. The number of nitrogens with one attached hydrogen (secondary N) is 1. The third-order valence-electron chi connectivity index (χ3n) is 5.09. The average molecular weight is 462 g/mol. The number of aromatic nitrogens is 1. The molecule has 0 fully saturated rings. The Kier molecular flexibility index (Phi) is 10.1. The fourth-order valence-electron chi connectivity index (χ4n) is 3.38. The number of esters is 1. The van der Waals surface area contributed by atoms with E-state index in [9.17, 15) is 9.59 Å². The monoisotopic (exact) mass is 461 g/mol. The molecule has 7 nitrogen and oxygen atoms in total. The molecule has 1 N–H and O–H groups in total. The Morgan fingerprint density at radius 3 is 2.38 bits per heavy atom. The van der Waals surface area contributed by atoms with Gasteiger partial charge in [0.1, 0.15) is 5.01 Å². The molecule has 1 aromatic carbocycles. The number of methoxy groups -OCH3 is 1. The van der Waals surface area contributed by atoms with Crippen molar-refractivity contribution in [1.29, 1.82) is 0 Å². The first-order valence-corrected chi connectivity index (χ1v) is 12.0. The highest BCUT2D eigenvalue weighted by Gasteiger charge is 2.21. The van der Waals surface area contributed by atoms with E-state index in [4.69, 9.17) is 9.47 Å². The Bertz CT molecular complexity index is 869. The smallest absolute Gasteiger partial charge is 0.357 e. The summed E-state index contributed by atoms with van der Waals surface area (Å²) in [6.45, 7) is 12.5. The van der Waals surface area contributed by atoms with Crippen molar-refractivity contribution < 1.29 is 19.1 Å². The van der Waals surface area contributed by atoms with E-state index in [1.807, 2.05) is 13.0 Å². The van der Waals surface area contributed by atoms with E-state index in [1.54, 1.807) is 10.3 Å². The number of hydrogen-bond acceptors (Lipinski definition) is 6. The first-order valence-electron chi connectivity index (χ1n) is 11.1. The van der Waals surface area contributed by atoms with Crippen molar-refractivity contribution in [3.8, 4) is 0 Å². The summed E-state index contributed by atoms with van der Waals surface area (Å²) in [4.78, 5) is 31.2. The molecule has 0 atom stereocenters. The molecule has 0 saturated carbocycles. The normalized spacial score (nSPS) is 11.1. The molecule has 2 amide bonds. The largest absolute Gasteiger partial charge is 0.464 e. The summed E-state index contributed by atoms with van der Waals surface area (Å²) in [5.41, 5.74) is 3.36. The van der Waals surface area contributed by atoms with Gasteiger partial charge in [0, 0.05) is 30.8 Å². The van der Waals surface area contributed by atoms with Gasteiger partial charge in [-0.25, -0.2) is 14.6 Å². The molecule has 2 rings (SSSR count). The summed E-state index contributed by atoms with van der Waals surface area (Å²) in [6, 6.07) is 5.99. The van der Waals surface area contributed by atoms with Gasteiger partial charge < -0.3 is 19.7 Å². The van der Waals surface area contributed by atoms with E-state index in [0.717, 1.165) is 16.8 Å². The lowest BCUT2D eigenvalue weighted by molar-refractivity contribution is 0.0594. The lowest BCUT2D eigenvalue weighted by Gasteiger charge is -2.25. The number of ether oxygens (including phenoxy) is 2. The van der Waals surface area contributed by atoms with E-state index >= 15 is 0 Å². The highest BCUT2D eigenvalue weighted by molar-refractivity contribution is 7.09. The Hall–Kier alpha value is -2.45. The highest BCUT2D eigenvalue weighted by atomic mass is 32.1. The lowest BCUT2D eigenvalue weighted by atomic mass is 9.93. The molecule has 32 heavy (non-hydrogen) atoms. The second kappa shape index (κ2) is 12.6. The van der Waals surface area contributed by atoms with Crippen LogP contribution < -0.4 is 5.32 Å². The van der Waals surface area contributed by atoms with Crippen LogP contribution >= 0.6 is 11.3 Å². The third-order valence-corrected chi connectivity index (χ3v) is 5.92. The number of thiazole rings is 1. The predicted molar refractivity (Wildman–Crippen MR) is 129 cm³/mol. The third kappa shape index (κ3) is 7.03. The second-order valence-electron chi connectivity index (χ2n) is 8.14. The van der Waals surface area contributed by atoms with Crippen LogP contribution in [0.5, 0.6) is 0 Å². The topological polar surface area (TPSA) is 80.8 Å². The first kappa shape index (κ1) is 25.8. The van der Waals surface area contributed by atoms with Crippen molar-refractivity contribution in [1.82, 2.24) is 9.88 Å². The van der Waals surface area contributed by atoms with E-state index in [-0.39, 0.29) is 23.6 Å². The van der Waals surface area contributed by atoms with Crippen LogP contribution in [-0.2, 0) is 16.0 Å². The second-order valence-corrected chi connectivity index (χ2v) is 9.08. The van der Waals surface area contributed by atoms with E-state index < -0.39 is 5.97 Å². The minimum atomic E-state index is -0.479. The standard InChI is InChI=1S/C24H35N3O4S/c1-7-31-13-9-12-27(14-21-25-20(15-32-21)23(28)30-6)24(29)26-22-18(16(2)3)10-8-11-19(22)17(4)5/h8,10-11,15-17H,7,9,12-14H2,1-6H3,(H,26,29). The summed E-state index contributed by atoms with van der Waals surface area (Å²) >= 11 is 1.34. The van der Waals surface area contributed by atoms with Gasteiger partial charge in [-0.05, 0) is 36.3 Å². The summed E-state index contributed by atoms with van der Waals surface area (Å²) < 4.78 is 10.2. The van der Waals surface area contributed by atoms with Gasteiger partial charge in [0.15, 0.2) is 5.69 Å². The molecule has 0 spiro atoms. The molecule has 0 radical (unpaired) electrons. The number of rotatable bonds is 11. The Morgan fingerprint density at radius 2 is 1.81 bits per heavy atom. The fourth-order valence-corrected chi connectivity index (χ4v) is 4.16. The maximum atomic E-state index is 13.4. The van der Waals surface area contributed by atoms with Crippen LogP contribution in [0.4, 0.5) is 10.5 Å². The van der Waals surface area contributed by atoms with Crippen LogP contribution in [0, 0.1) is 0 Å². The zero-order valence-corrected chi connectivity index (χ0v) is 20.8. The van der Waals surface area contributed by atoms with Gasteiger partial charge in [-0.1, -0.05) is 45.9 Å². The number of para-hydroxylation sites is 1. The molecule has 2 aromatic rings. The Labute approximate surface area is 195 Å². The van der Waals surface area contributed by atoms with Crippen molar-refractivity contribution in [2.75, 3.05) is 32.2 Å². The molecule has 0 saturated heterocycles. The van der Waals surface area contributed by atoms with Crippen LogP contribution in [0.1, 0.15) is 79.5 Å².